The van der Waals surface area contributed by atoms with E-state index in [1.165, 1.54) is 28.6 Å². The highest BCUT2D eigenvalue weighted by Gasteiger charge is 2.26. The summed E-state index contributed by atoms with van der Waals surface area (Å²) in [6.07, 6.45) is 5.55. The lowest BCUT2D eigenvalue weighted by Gasteiger charge is -2.20. The Morgan fingerprint density at radius 2 is 1.85 bits per heavy atom. The summed E-state index contributed by atoms with van der Waals surface area (Å²) in [5.41, 5.74) is 0.118. The van der Waals surface area contributed by atoms with E-state index < -0.39 is 16.0 Å². The van der Waals surface area contributed by atoms with Gasteiger partial charge in [-0.3, -0.25) is 4.79 Å². The molecule has 0 radical (unpaired) electrons. The van der Waals surface area contributed by atoms with Gasteiger partial charge in [0.05, 0.1) is 10.5 Å². The molecule has 0 unspecified atom stereocenters. The number of ether oxygens (including phenoxy) is 1. The minimum Gasteiger partial charge on any atom is -0.452 e. The van der Waals surface area contributed by atoms with Crippen LogP contribution in [0.5, 0.6) is 0 Å². The van der Waals surface area contributed by atoms with E-state index in [0.717, 1.165) is 38.5 Å². The topological polar surface area (TPSA) is 92.8 Å². The molecule has 0 bridgehead atoms. The van der Waals surface area contributed by atoms with Crippen LogP contribution in [-0.4, -0.2) is 50.8 Å². The molecule has 1 heterocycles. The van der Waals surface area contributed by atoms with Crippen LogP contribution in [0.2, 0.25) is 0 Å². The number of nitrogens with zero attached hydrogens (tertiary/aromatic N) is 1. The molecule has 1 saturated heterocycles. The first-order valence-electron chi connectivity index (χ1n) is 9.49. The van der Waals surface area contributed by atoms with Crippen LogP contribution in [0, 0.1) is 0 Å². The van der Waals surface area contributed by atoms with Crippen LogP contribution in [0.25, 0.3) is 0 Å². The van der Waals surface area contributed by atoms with E-state index in [-0.39, 0.29) is 23.0 Å². The standard InChI is InChI=1S/C19H28N2O5S/c1-2-3-11-20-18(22)15-26-19(23)16-9-8-10-17(14-16)27(24,25)21-12-6-4-5-7-13-21/h8-10,14H,2-7,11-13,15H2,1H3,(H,20,22). The lowest BCUT2D eigenvalue weighted by atomic mass is 10.2. The van der Waals surface area contributed by atoms with Crippen molar-refractivity contribution >= 4 is 21.9 Å². The van der Waals surface area contributed by atoms with Gasteiger partial charge >= 0.3 is 5.97 Å². The van der Waals surface area contributed by atoms with Crippen LogP contribution in [0.4, 0.5) is 0 Å². The predicted octanol–water partition coefficient (Wildman–Crippen LogP) is 2.32. The van der Waals surface area contributed by atoms with Crippen molar-refractivity contribution in [2.75, 3.05) is 26.2 Å². The quantitative estimate of drug-likeness (QED) is 0.538. The Morgan fingerprint density at radius 3 is 2.52 bits per heavy atom. The van der Waals surface area contributed by atoms with Crippen molar-refractivity contribution in [1.29, 1.82) is 0 Å². The number of carbonyl (C=O) groups is 2. The number of unbranched alkanes of at least 4 members (excludes halogenated alkanes) is 1. The fourth-order valence-electron chi connectivity index (χ4n) is 2.88. The van der Waals surface area contributed by atoms with Gasteiger partial charge in [-0.1, -0.05) is 32.3 Å². The number of hydrogen-bond donors (Lipinski definition) is 1. The molecule has 2 rings (SSSR count). The minimum absolute atomic E-state index is 0.0752. The highest BCUT2D eigenvalue weighted by Crippen LogP contribution is 2.21. The van der Waals surface area contributed by atoms with Crippen molar-refractivity contribution in [3.63, 3.8) is 0 Å². The molecule has 27 heavy (non-hydrogen) atoms. The van der Waals surface area contributed by atoms with E-state index in [1.807, 2.05) is 6.92 Å². The first kappa shape index (κ1) is 21.4. The summed E-state index contributed by atoms with van der Waals surface area (Å²) >= 11 is 0. The van der Waals surface area contributed by atoms with Crippen molar-refractivity contribution in [1.82, 2.24) is 9.62 Å². The summed E-state index contributed by atoms with van der Waals surface area (Å²) in [4.78, 5) is 23.9. The summed E-state index contributed by atoms with van der Waals surface area (Å²) in [7, 11) is -3.64. The zero-order valence-corrected chi connectivity index (χ0v) is 16.6. The fourth-order valence-corrected chi connectivity index (χ4v) is 4.45. The summed E-state index contributed by atoms with van der Waals surface area (Å²) in [6.45, 7) is 3.16. The van der Waals surface area contributed by atoms with E-state index >= 15 is 0 Å². The summed E-state index contributed by atoms with van der Waals surface area (Å²) in [5.74, 6) is -1.08. The molecule has 1 amide bonds. The normalized spacial score (nSPS) is 15.7. The van der Waals surface area contributed by atoms with Gasteiger partial charge in [0.15, 0.2) is 6.61 Å². The second-order valence-electron chi connectivity index (χ2n) is 6.63. The fraction of sp³-hybridized carbons (Fsp3) is 0.579. The zero-order chi connectivity index (χ0) is 19.7. The van der Waals surface area contributed by atoms with Crippen molar-refractivity contribution in [3.8, 4) is 0 Å². The lowest BCUT2D eigenvalue weighted by molar-refractivity contribution is -0.124. The van der Waals surface area contributed by atoms with Crippen molar-refractivity contribution in [2.24, 2.45) is 0 Å². The Bertz CT molecular complexity index is 740. The van der Waals surface area contributed by atoms with E-state index in [4.69, 9.17) is 4.74 Å². The van der Waals surface area contributed by atoms with Crippen molar-refractivity contribution < 1.29 is 22.7 Å². The predicted molar refractivity (Wildman–Crippen MR) is 102 cm³/mol. The Balaban J connectivity index is 2.01. The molecule has 0 spiro atoms. The molecule has 0 saturated carbocycles. The number of nitrogens with one attached hydrogen (secondary N) is 1. The maximum absolute atomic E-state index is 12.8. The summed E-state index contributed by atoms with van der Waals surface area (Å²) in [5, 5.41) is 2.66. The number of hydrogen-bond acceptors (Lipinski definition) is 5. The van der Waals surface area contributed by atoms with Gasteiger partial charge in [0, 0.05) is 19.6 Å². The second-order valence-corrected chi connectivity index (χ2v) is 8.56. The van der Waals surface area contributed by atoms with Crippen molar-refractivity contribution in [2.45, 2.75) is 50.3 Å². The molecule has 1 N–H and O–H groups in total. The second kappa shape index (κ2) is 10.4. The first-order chi connectivity index (χ1) is 12.9. The van der Waals surface area contributed by atoms with Crippen LogP contribution in [0.15, 0.2) is 29.2 Å². The van der Waals surface area contributed by atoms with Gasteiger partial charge in [-0.2, -0.15) is 4.31 Å². The number of sulfonamides is 1. The number of benzene rings is 1. The molecule has 0 aliphatic carbocycles. The highest BCUT2D eigenvalue weighted by molar-refractivity contribution is 7.89. The third kappa shape index (κ3) is 6.32. The van der Waals surface area contributed by atoms with Crippen LogP contribution in [0.1, 0.15) is 55.8 Å². The lowest BCUT2D eigenvalue weighted by Crippen LogP contribution is -2.32. The number of esters is 1. The molecule has 0 atom stereocenters. The van der Waals surface area contributed by atoms with Gasteiger partial charge in [-0.25, -0.2) is 13.2 Å². The molecule has 1 aliphatic heterocycles. The van der Waals surface area contributed by atoms with E-state index in [2.05, 4.69) is 5.32 Å². The molecule has 8 heteroatoms. The van der Waals surface area contributed by atoms with Gasteiger partial charge in [0.25, 0.3) is 5.91 Å². The molecule has 0 aromatic heterocycles. The SMILES string of the molecule is CCCCNC(=O)COC(=O)c1cccc(S(=O)(=O)N2CCCCCC2)c1. The summed E-state index contributed by atoms with van der Waals surface area (Å²) < 4.78 is 32.1. The molecule has 1 aromatic carbocycles. The maximum Gasteiger partial charge on any atom is 0.338 e. The average Bonchev–Trinajstić information content (AvgIpc) is 2.96. The molecule has 7 nitrogen and oxygen atoms in total. The Hall–Kier alpha value is -1.93. The zero-order valence-electron chi connectivity index (χ0n) is 15.8. The molecule has 1 aromatic rings. The van der Waals surface area contributed by atoms with Crippen LogP contribution in [-0.2, 0) is 19.6 Å². The average molecular weight is 397 g/mol. The van der Waals surface area contributed by atoms with E-state index in [9.17, 15) is 18.0 Å². The largest absolute Gasteiger partial charge is 0.452 e. The molecule has 1 aliphatic rings. The van der Waals surface area contributed by atoms with Crippen molar-refractivity contribution in [3.05, 3.63) is 29.8 Å². The van der Waals surface area contributed by atoms with Crippen LogP contribution < -0.4 is 5.32 Å². The smallest absolute Gasteiger partial charge is 0.338 e. The maximum atomic E-state index is 12.8. The minimum atomic E-state index is -3.64. The van der Waals surface area contributed by atoms with Gasteiger partial charge in [0.1, 0.15) is 0 Å². The van der Waals surface area contributed by atoms with Gasteiger partial charge in [0.2, 0.25) is 10.0 Å². The molecule has 1 fully saturated rings. The third-order valence-corrected chi connectivity index (χ3v) is 6.35. The van der Waals surface area contributed by atoms with Gasteiger partial charge in [-0.05, 0) is 37.5 Å². The Kier molecular flexibility index (Phi) is 8.24. The summed E-state index contributed by atoms with van der Waals surface area (Å²) in [6, 6.07) is 5.80. The number of carbonyl (C=O) groups excluding carboxylic acids is 2. The van der Waals surface area contributed by atoms with Gasteiger partial charge in [-0.15, -0.1) is 0 Å². The Labute approximate surface area is 161 Å². The third-order valence-electron chi connectivity index (χ3n) is 4.46. The highest BCUT2D eigenvalue weighted by atomic mass is 32.2. The molecular weight excluding hydrogens is 368 g/mol. The van der Waals surface area contributed by atoms with Crippen LogP contribution in [0.3, 0.4) is 0 Å². The first-order valence-corrected chi connectivity index (χ1v) is 10.9. The number of amides is 1. The molecular formula is C19H28N2O5S. The van der Waals surface area contributed by atoms with E-state index in [0.29, 0.717) is 19.6 Å². The number of rotatable bonds is 8. The van der Waals surface area contributed by atoms with Gasteiger partial charge < -0.3 is 10.1 Å². The molecule has 150 valence electrons. The monoisotopic (exact) mass is 396 g/mol. The van der Waals surface area contributed by atoms with Crippen LogP contribution >= 0.6 is 0 Å². The Morgan fingerprint density at radius 1 is 1.15 bits per heavy atom. The van der Waals surface area contributed by atoms with E-state index in [1.54, 1.807) is 0 Å².